The maximum absolute atomic E-state index is 6.20. The van der Waals surface area contributed by atoms with Gasteiger partial charge in [0.2, 0.25) is 0 Å². The molecule has 0 aromatic carbocycles. The van der Waals surface area contributed by atoms with Crippen molar-refractivity contribution >= 4 is 23.2 Å². The van der Waals surface area contributed by atoms with E-state index in [-0.39, 0.29) is 0 Å². The highest BCUT2D eigenvalue weighted by Crippen LogP contribution is 2.27. The Morgan fingerprint density at radius 3 is 2.83 bits per heavy atom. The zero-order valence-electron chi connectivity index (χ0n) is 11.0. The van der Waals surface area contributed by atoms with Gasteiger partial charge in [-0.15, -0.1) is 11.6 Å². The SMILES string of the molecule is Cc1nn(C)c(Cl)c1CNCC1CCCC(Cl)C1. The summed E-state index contributed by atoms with van der Waals surface area (Å²) in [7, 11) is 1.87. The second kappa shape index (κ2) is 6.27. The van der Waals surface area contributed by atoms with Crippen LogP contribution in [0.4, 0.5) is 0 Å². The van der Waals surface area contributed by atoms with Crippen LogP contribution in [0.2, 0.25) is 5.15 Å². The van der Waals surface area contributed by atoms with Crippen molar-refractivity contribution < 1.29 is 0 Å². The molecule has 2 atom stereocenters. The van der Waals surface area contributed by atoms with Crippen molar-refractivity contribution in [2.24, 2.45) is 13.0 Å². The molecule has 2 rings (SSSR count). The highest BCUT2D eigenvalue weighted by atomic mass is 35.5. The largest absolute Gasteiger partial charge is 0.312 e. The monoisotopic (exact) mass is 289 g/mol. The Kier molecular flexibility index (Phi) is 4.93. The molecular weight excluding hydrogens is 269 g/mol. The second-order valence-corrected chi connectivity index (χ2v) is 6.21. The third-order valence-electron chi connectivity index (χ3n) is 3.72. The van der Waals surface area contributed by atoms with E-state index < -0.39 is 0 Å². The van der Waals surface area contributed by atoms with Gasteiger partial charge in [0, 0.05) is 24.5 Å². The van der Waals surface area contributed by atoms with Crippen molar-refractivity contribution in [1.29, 1.82) is 0 Å². The number of hydrogen-bond donors (Lipinski definition) is 1. The summed E-state index contributed by atoms with van der Waals surface area (Å²) >= 11 is 12.4. The summed E-state index contributed by atoms with van der Waals surface area (Å²) in [5.41, 5.74) is 2.12. The third-order valence-corrected chi connectivity index (χ3v) is 4.59. The lowest BCUT2D eigenvalue weighted by molar-refractivity contribution is 0.346. The number of halogens is 2. The van der Waals surface area contributed by atoms with Crippen molar-refractivity contribution in [1.82, 2.24) is 15.1 Å². The van der Waals surface area contributed by atoms with Gasteiger partial charge < -0.3 is 5.32 Å². The minimum absolute atomic E-state index is 0.370. The minimum atomic E-state index is 0.370. The fourth-order valence-electron chi connectivity index (χ4n) is 2.69. The number of nitrogens with one attached hydrogen (secondary N) is 1. The van der Waals surface area contributed by atoms with Gasteiger partial charge in [-0.25, -0.2) is 0 Å². The van der Waals surface area contributed by atoms with Crippen LogP contribution >= 0.6 is 23.2 Å². The summed E-state index contributed by atoms with van der Waals surface area (Å²) < 4.78 is 1.73. The molecule has 5 heteroatoms. The molecule has 1 aromatic heterocycles. The van der Waals surface area contributed by atoms with Crippen LogP contribution < -0.4 is 5.32 Å². The highest BCUT2D eigenvalue weighted by Gasteiger charge is 2.20. The van der Waals surface area contributed by atoms with E-state index in [0.717, 1.165) is 35.9 Å². The summed E-state index contributed by atoms with van der Waals surface area (Å²) in [6.07, 6.45) is 4.85. The second-order valence-electron chi connectivity index (χ2n) is 5.24. The first-order chi connectivity index (χ1) is 8.58. The Morgan fingerprint density at radius 1 is 1.44 bits per heavy atom. The van der Waals surface area contributed by atoms with Gasteiger partial charge in [-0.1, -0.05) is 18.0 Å². The molecule has 18 heavy (non-hydrogen) atoms. The molecule has 1 aliphatic rings. The predicted molar refractivity (Wildman–Crippen MR) is 76.3 cm³/mol. The average Bonchev–Trinajstić information content (AvgIpc) is 2.56. The summed E-state index contributed by atoms with van der Waals surface area (Å²) in [5, 5.41) is 8.91. The first-order valence-corrected chi connectivity index (χ1v) is 7.42. The fraction of sp³-hybridized carbons (Fsp3) is 0.769. The van der Waals surface area contributed by atoms with Gasteiger partial charge in [-0.2, -0.15) is 5.10 Å². The lowest BCUT2D eigenvalue weighted by atomic mass is 9.89. The first kappa shape index (κ1) is 14.2. The Balaban J connectivity index is 1.81. The predicted octanol–water partition coefficient (Wildman–Crippen LogP) is 3.27. The van der Waals surface area contributed by atoms with Crippen LogP contribution in [0.1, 0.15) is 36.9 Å². The van der Waals surface area contributed by atoms with Crippen LogP contribution in [0.3, 0.4) is 0 Å². The fourth-order valence-corrected chi connectivity index (χ4v) is 3.33. The van der Waals surface area contributed by atoms with Gasteiger partial charge in [0.1, 0.15) is 5.15 Å². The molecule has 0 bridgehead atoms. The first-order valence-electron chi connectivity index (χ1n) is 6.60. The van der Waals surface area contributed by atoms with Gasteiger partial charge in [0.25, 0.3) is 0 Å². The van der Waals surface area contributed by atoms with Crippen molar-refractivity contribution in [2.45, 2.75) is 44.5 Å². The molecule has 0 saturated heterocycles. The molecule has 0 aliphatic heterocycles. The Labute approximate surface area is 119 Å². The number of aromatic nitrogens is 2. The molecule has 0 amide bonds. The molecule has 1 saturated carbocycles. The van der Waals surface area contributed by atoms with Gasteiger partial charge >= 0.3 is 0 Å². The van der Waals surface area contributed by atoms with Crippen LogP contribution in [-0.2, 0) is 13.6 Å². The van der Waals surface area contributed by atoms with E-state index in [9.17, 15) is 0 Å². The van der Waals surface area contributed by atoms with Crippen molar-refractivity contribution in [2.75, 3.05) is 6.54 Å². The molecule has 1 heterocycles. The molecular formula is C13H21Cl2N3. The van der Waals surface area contributed by atoms with E-state index in [1.54, 1.807) is 4.68 Å². The smallest absolute Gasteiger partial charge is 0.131 e. The topological polar surface area (TPSA) is 29.9 Å². The molecule has 0 radical (unpaired) electrons. The van der Waals surface area contributed by atoms with Gasteiger partial charge in [0.15, 0.2) is 0 Å². The van der Waals surface area contributed by atoms with E-state index in [0.29, 0.717) is 11.3 Å². The van der Waals surface area contributed by atoms with Crippen LogP contribution in [0.15, 0.2) is 0 Å². The molecule has 1 aliphatic carbocycles. The maximum Gasteiger partial charge on any atom is 0.131 e. The molecule has 1 N–H and O–H groups in total. The van der Waals surface area contributed by atoms with E-state index in [1.165, 1.54) is 19.3 Å². The number of alkyl halides is 1. The summed E-state index contributed by atoms with van der Waals surface area (Å²) in [5.74, 6) is 0.706. The maximum atomic E-state index is 6.20. The summed E-state index contributed by atoms with van der Waals surface area (Å²) in [4.78, 5) is 0. The minimum Gasteiger partial charge on any atom is -0.312 e. The van der Waals surface area contributed by atoms with Gasteiger partial charge in [-0.05, 0) is 38.6 Å². The number of nitrogens with zero attached hydrogens (tertiary/aromatic N) is 2. The zero-order chi connectivity index (χ0) is 13.1. The zero-order valence-corrected chi connectivity index (χ0v) is 12.6. The highest BCUT2D eigenvalue weighted by molar-refractivity contribution is 6.30. The standard InChI is InChI=1S/C13H21Cl2N3/c1-9-12(13(15)18(2)17-9)8-16-7-10-4-3-5-11(14)6-10/h10-11,16H,3-8H2,1-2H3. The number of hydrogen-bond acceptors (Lipinski definition) is 2. The average molecular weight is 290 g/mol. The molecule has 0 spiro atoms. The lowest BCUT2D eigenvalue weighted by Crippen LogP contribution is -2.27. The Hall–Kier alpha value is -0.250. The molecule has 1 aromatic rings. The van der Waals surface area contributed by atoms with E-state index in [2.05, 4.69) is 10.4 Å². The number of aryl methyl sites for hydroxylation is 2. The van der Waals surface area contributed by atoms with Crippen LogP contribution in [0.25, 0.3) is 0 Å². The van der Waals surface area contributed by atoms with Gasteiger partial charge in [-0.3, -0.25) is 4.68 Å². The summed E-state index contributed by atoms with van der Waals surface area (Å²) in [6.45, 7) is 3.81. The van der Waals surface area contributed by atoms with Crippen LogP contribution in [0.5, 0.6) is 0 Å². The molecule has 1 fully saturated rings. The van der Waals surface area contributed by atoms with Crippen molar-refractivity contribution in [3.8, 4) is 0 Å². The third kappa shape index (κ3) is 3.40. The van der Waals surface area contributed by atoms with E-state index >= 15 is 0 Å². The quantitative estimate of drug-likeness (QED) is 0.863. The van der Waals surface area contributed by atoms with Crippen LogP contribution in [0, 0.1) is 12.8 Å². The van der Waals surface area contributed by atoms with Crippen molar-refractivity contribution in [3.63, 3.8) is 0 Å². The van der Waals surface area contributed by atoms with Crippen molar-refractivity contribution in [3.05, 3.63) is 16.4 Å². The Morgan fingerprint density at radius 2 is 2.22 bits per heavy atom. The Bertz CT molecular complexity index is 403. The van der Waals surface area contributed by atoms with Crippen LogP contribution in [-0.4, -0.2) is 21.7 Å². The molecule has 3 nitrogen and oxygen atoms in total. The normalized spacial score (nSPS) is 24.4. The molecule has 102 valence electrons. The van der Waals surface area contributed by atoms with E-state index in [1.807, 2.05) is 14.0 Å². The van der Waals surface area contributed by atoms with E-state index in [4.69, 9.17) is 23.2 Å². The lowest BCUT2D eigenvalue weighted by Gasteiger charge is -2.25. The summed E-state index contributed by atoms with van der Waals surface area (Å²) in [6, 6.07) is 0. The van der Waals surface area contributed by atoms with Gasteiger partial charge in [0.05, 0.1) is 5.69 Å². The molecule has 2 unspecified atom stereocenters. The number of rotatable bonds is 4.